The molecule has 1 saturated carbocycles. The van der Waals surface area contributed by atoms with Crippen LogP contribution in [0.4, 0.5) is 0 Å². The second-order valence-electron chi connectivity index (χ2n) is 5.12. The van der Waals surface area contributed by atoms with E-state index in [-0.39, 0.29) is 0 Å². The van der Waals surface area contributed by atoms with E-state index in [0.29, 0.717) is 5.16 Å². The predicted octanol–water partition coefficient (Wildman–Crippen LogP) is 4.67. The first-order valence-corrected chi connectivity index (χ1v) is 7.21. The smallest absolute Gasteiger partial charge is 0.00975 e. The molecular weight excluding hydrogens is 211 g/mol. The topological polar surface area (TPSA) is 0 Å². The van der Waals surface area contributed by atoms with Crippen molar-refractivity contribution in [1.82, 2.24) is 0 Å². The highest BCUT2D eigenvalue weighted by Gasteiger charge is 2.27. The molecule has 1 aliphatic rings. The lowest BCUT2D eigenvalue weighted by Crippen LogP contribution is -2.16. The van der Waals surface area contributed by atoms with Gasteiger partial charge in [-0.15, -0.1) is 9.24 Å². The third-order valence-corrected chi connectivity index (χ3v) is 4.84. The van der Waals surface area contributed by atoms with Crippen LogP contribution in [0.2, 0.25) is 0 Å². The molecule has 0 aliphatic heterocycles. The first kappa shape index (κ1) is 12.1. The van der Waals surface area contributed by atoms with Gasteiger partial charge in [0.05, 0.1) is 0 Å². The number of aryl methyl sites for hydroxylation is 1. The van der Waals surface area contributed by atoms with Crippen molar-refractivity contribution in [3.8, 4) is 0 Å². The van der Waals surface area contributed by atoms with Crippen LogP contribution in [0.5, 0.6) is 0 Å². The van der Waals surface area contributed by atoms with E-state index in [2.05, 4.69) is 40.4 Å². The van der Waals surface area contributed by atoms with Crippen LogP contribution in [0.15, 0.2) is 24.3 Å². The molecule has 88 valence electrons. The first-order chi connectivity index (χ1) is 7.74. The molecule has 0 N–H and O–H groups in total. The zero-order valence-electron chi connectivity index (χ0n) is 10.3. The van der Waals surface area contributed by atoms with Crippen molar-refractivity contribution in [1.29, 1.82) is 0 Å². The minimum atomic E-state index is 0.364. The summed E-state index contributed by atoms with van der Waals surface area (Å²) in [6.45, 7) is 2.22. The summed E-state index contributed by atoms with van der Waals surface area (Å²) < 4.78 is 0. The predicted molar refractivity (Wildman–Crippen MR) is 74.9 cm³/mol. The summed E-state index contributed by atoms with van der Waals surface area (Å²) in [5.41, 5.74) is 2.97. The van der Waals surface area contributed by atoms with Crippen molar-refractivity contribution < 1.29 is 0 Å². The van der Waals surface area contributed by atoms with E-state index in [1.54, 1.807) is 0 Å². The Hall–Kier alpha value is -0.350. The fourth-order valence-corrected chi connectivity index (χ4v) is 3.32. The highest BCUT2D eigenvalue weighted by atomic mass is 31.0. The molecule has 0 aromatic heterocycles. The summed E-state index contributed by atoms with van der Waals surface area (Å²) in [5, 5.41) is 0.364. The highest BCUT2D eigenvalue weighted by Crippen LogP contribution is 2.43. The Bertz CT molecular complexity index is 318. The Kier molecular flexibility index (Phi) is 4.03. The second kappa shape index (κ2) is 5.32. The normalized spacial score (nSPS) is 20.4. The van der Waals surface area contributed by atoms with E-state index in [9.17, 15) is 0 Å². The van der Waals surface area contributed by atoms with Crippen molar-refractivity contribution in [2.24, 2.45) is 0 Å². The summed E-state index contributed by atoms with van der Waals surface area (Å²) in [6, 6.07) is 9.28. The lowest BCUT2D eigenvalue weighted by atomic mass is 9.90. The average molecular weight is 234 g/mol. The molecule has 0 radical (unpaired) electrons. The molecular formula is C15H23P. The molecule has 0 amide bonds. The largest absolute Gasteiger partial charge is 0.126 e. The average Bonchev–Trinajstić information content (AvgIpc) is 2.55. The van der Waals surface area contributed by atoms with E-state index < -0.39 is 0 Å². The van der Waals surface area contributed by atoms with E-state index >= 15 is 0 Å². The Morgan fingerprint density at radius 3 is 2.06 bits per heavy atom. The molecule has 1 heteroatoms. The lowest BCUT2D eigenvalue weighted by Gasteiger charge is -2.28. The SMILES string of the molecule is CCc1ccc(C2(P)CCCCCC2)cc1. The van der Waals surface area contributed by atoms with Crippen LogP contribution in [0.3, 0.4) is 0 Å². The standard InChI is InChI=1S/C15H23P/c1-2-13-7-9-14(10-8-13)15(16)11-5-3-4-6-12-15/h7-10H,2-6,11-12,16H2,1H3. The number of hydrogen-bond acceptors (Lipinski definition) is 0. The fourth-order valence-electron chi connectivity index (χ4n) is 2.72. The van der Waals surface area contributed by atoms with Gasteiger partial charge >= 0.3 is 0 Å². The van der Waals surface area contributed by atoms with E-state index in [0.717, 1.165) is 6.42 Å². The molecule has 2 rings (SSSR count). The summed E-state index contributed by atoms with van der Waals surface area (Å²) >= 11 is 0. The van der Waals surface area contributed by atoms with Gasteiger partial charge in [0.25, 0.3) is 0 Å². The fraction of sp³-hybridized carbons (Fsp3) is 0.600. The molecule has 1 aliphatic carbocycles. The third kappa shape index (κ3) is 2.66. The summed E-state index contributed by atoms with van der Waals surface area (Å²) in [5.74, 6) is 0. The third-order valence-electron chi connectivity index (χ3n) is 3.93. The van der Waals surface area contributed by atoms with Gasteiger partial charge in [0.15, 0.2) is 0 Å². The number of hydrogen-bond donors (Lipinski definition) is 0. The first-order valence-electron chi connectivity index (χ1n) is 6.63. The molecule has 1 aromatic rings. The van der Waals surface area contributed by atoms with Crippen LogP contribution in [0.25, 0.3) is 0 Å². The quantitative estimate of drug-likeness (QED) is 0.515. The zero-order chi connectivity index (χ0) is 11.4. The molecule has 1 fully saturated rings. The Balaban J connectivity index is 2.19. The maximum atomic E-state index is 3.14. The van der Waals surface area contributed by atoms with Crippen molar-refractivity contribution in [2.45, 2.75) is 57.0 Å². The molecule has 0 saturated heterocycles. The maximum Gasteiger partial charge on any atom is 0.00975 e. The molecule has 0 nitrogen and oxygen atoms in total. The molecule has 16 heavy (non-hydrogen) atoms. The molecule has 1 aromatic carbocycles. The van der Waals surface area contributed by atoms with Crippen molar-refractivity contribution in [3.05, 3.63) is 35.4 Å². The summed E-state index contributed by atoms with van der Waals surface area (Å²) in [6.07, 6.45) is 9.43. The van der Waals surface area contributed by atoms with Gasteiger partial charge in [-0.2, -0.15) is 0 Å². The minimum absolute atomic E-state index is 0.364. The van der Waals surface area contributed by atoms with Crippen LogP contribution >= 0.6 is 9.24 Å². The Morgan fingerprint density at radius 1 is 1.00 bits per heavy atom. The van der Waals surface area contributed by atoms with Gasteiger partial charge in [0.1, 0.15) is 0 Å². The Labute approximate surface area is 102 Å². The monoisotopic (exact) mass is 234 g/mol. The van der Waals surface area contributed by atoms with Crippen LogP contribution < -0.4 is 0 Å². The zero-order valence-corrected chi connectivity index (χ0v) is 11.5. The van der Waals surface area contributed by atoms with E-state index in [1.807, 2.05) is 0 Å². The van der Waals surface area contributed by atoms with Gasteiger partial charge in [-0.05, 0) is 30.4 Å². The van der Waals surface area contributed by atoms with Crippen molar-refractivity contribution in [3.63, 3.8) is 0 Å². The summed E-state index contributed by atoms with van der Waals surface area (Å²) in [7, 11) is 3.14. The van der Waals surface area contributed by atoms with Crippen molar-refractivity contribution >= 4 is 9.24 Å². The minimum Gasteiger partial charge on any atom is -0.126 e. The van der Waals surface area contributed by atoms with Crippen LogP contribution in [0.1, 0.15) is 56.6 Å². The van der Waals surface area contributed by atoms with Crippen molar-refractivity contribution in [2.75, 3.05) is 0 Å². The maximum absolute atomic E-state index is 3.14. The molecule has 1 atom stereocenters. The molecule has 1 unspecified atom stereocenters. The van der Waals surface area contributed by atoms with Gasteiger partial charge < -0.3 is 0 Å². The summed E-state index contributed by atoms with van der Waals surface area (Å²) in [4.78, 5) is 0. The second-order valence-corrected chi connectivity index (χ2v) is 6.23. The van der Waals surface area contributed by atoms with Gasteiger partial charge in [0, 0.05) is 5.16 Å². The van der Waals surface area contributed by atoms with Crippen LogP contribution in [-0.2, 0) is 11.6 Å². The number of rotatable bonds is 2. The van der Waals surface area contributed by atoms with Crippen LogP contribution in [-0.4, -0.2) is 0 Å². The molecule has 0 heterocycles. The van der Waals surface area contributed by atoms with Crippen LogP contribution in [0, 0.1) is 0 Å². The number of benzene rings is 1. The lowest BCUT2D eigenvalue weighted by molar-refractivity contribution is 0.536. The highest BCUT2D eigenvalue weighted by molar-refractivity contribution is 7.18. The van der Waals surface area contributed by atoms with E-state index in [4.69, 9.17) is 0 Å². The van der Waals surface area contributed by atoms with Gasteiger partial charge in [0.2, 0.25) is 0 Å². The Morgan fingerprint density at radius 2 is 1.56 bits per heavy atom. The molecule has 0 spiro atoms. The van der Waals surface area contributed by atoms with E-state index in [1.165, 1.54) is 49.7 Å². The van der Waals surface area contributed by atoms with Gasteiger partial charge in [-0.3, -0.25) is 0 Å². The molecule has 0 bridgehead atoms. The van der Waals surface area contributed by atoms with Gasteiger partial charge in [-0.25, -0.2) is 0 Å². The van der Waals surface area contributed by atoms with Gasteiger partial charge in [-0.1, -0.05) is 56.9 Å².